The SMILES string of the molecule is [2H]C([2H])([2H])n1c(=O)oc2ccc(-c3ccc(C[C@H](N)C#N)s3)cc21. The number of rotatable bonds is 3. The van der Waals surface area contributed by atoms with E-state index in [-0.39, 0.29) is 11.1 Å². The van der Waals surface area contributed by atoms with Gasteiger partial charge in [-0.1, -0.05) is 0 Å². The summed E-state index contributed by atoms with van der Waals surface area (Å²) in [4.78, 5) is 13.6. The number of nitrogens with zero attached hydrogens (tertiary/aromatic N) is 2. The minimum absolute atomic E-state index is 0.223. The standard InChI is InChI=1S/C15H13N3O2S/c1-18-12-6-9(2-4-13(12)20-15(18)19)14-5-3-11(21-14)7-10(17)8-16/h2-6,10H,7,17H2,1H3/t10-/m0/s1/i1D3. The molecule has 3 rings (SSSR count). The second-order valence-electron chi connectivity index (χ2n) is 4.59. The molecule has 5 nitrogen and oxygen atoms in total. The molecule has 21 heavy (non-hydrogen) atoms. The predicted octanol–water partition coefficient (Wildman–Crippen LogP) is 2.25. The Balaban J connectivity index is 2.05. The van der Waals surface area contributed by atoms with E-state index in [2.05, 4.69) is 0 Å². The van der Waals surface area contributed by atoms with Crippen molar-refractivity contribution in [2.45, 2.75) is 12.5 Å². The first-order valence-corrected chi connectivity index (χ1v) is 7.01. The van der Waals surface area contributed by atoms with E-state index < -0.39 is 18.8 Å². The van der Waals surface area contributed by atoms with Gasteiger partial charge in [-0.05, 0) is 35.9 Å². The zero-order valence-corrected chi connectivity index (χ0v) is 11.7. The van der Waals surface area contributed by atoms with Crippen LogP contribution in [0.25, 0.3) is 21.5 Å². The van der Waals surface area contributed by atoms with Crippen molar-refractivity contribution in [1.82, 2.24) is 4.57 Å². The Bertz CT molecular complexity index is 994. The maximum Gasteiger partial charge on any atom is 0.419 e. The van der Waals surface area contributed by atoms with E-state index >= 15 is 0 Å². The Morgan fingerprint density at radius 3 is 3.14 bits per heavy atom. The molecule has 3 aromatic rings. The Morgan fingerprint density at radius 1 is 1.52 bits per heavy atom. The van der Waals surface area contributed by atoms with Gasteiger partial charge in [0.05, 0.1) is 17.6 Å². The maximum atomic E-state index is 11.8. The van der Waals surface area contributed by atoms with Crippen LogP contribution >= 0.6 is 11.3 Å². The molecule has 1 atom stereocenters. The monoisotopic (exact) mass is 302 g/mol. The number of nitrogens with two attached hydrogens (primary N) is 1. The first-order valence-electron chi connectivity index (χ1n) is 7.70. The number of aryl methyl sites for hydroxylation is 1. The Kier molecular flexibility index (Phi) is 2.57. The number of oxazole rings is 1. The largest absolute Gasteiger partial charge is 0.419 e. The van der Waals surface area contributed by atoms with Gasteiger partial charge in [0.2, 0.25) is 0 Å². The van der Waals surface area contributed by atoms with Crippen molar-refractivity contribution in [2.75, 3.05) is 0 Å². The van der Waals surface area contributed by atoms with E-state index in [0.29, 0.717) is 11.0 Å². The van der Waals surface area contributed by atoms with Crippen LogP contribution < -0.4 is 11.5 Å². The molecule has 0 aliphatic heterocycles. The average Bonchev–Trinajstić information content (AvgIpc) is 3.08. The molecular formula is C15H13N3O2S. The molecule has 0 bridgehead atoms. The fourth-order valence-corrected chi connectivity index (χ4v) is 3.14. The van der Waals surface area contributed by atoms with Crippen LogP contribution in [0.2, 0.25) is 0 Å². The van der Waals surface area contributed by atoms with E-state index in [0.717, 1.165) is 15.3 Å². The number of nitriles is 1. The highest BCUT2D eigenvalue weighted by atomic mass is 32.1. The summed E-state index contributed by atoms with van der Waals surface area (Å²) in [6, 6.07) is 10.1. The molecule has 0 aliphatic carbocycles. The van der Waals surface area contributed by atoms with E-state index in [1.54, 1.807) is 18.2 Å². The lowest BCUT2D eigenvalue weighted by atomic mass is 10.1. The van der Waals surface area contributed by atoms with Crippen molar-refractivity contribution in [3.8, 4) is 16.5 Å². The molecule has 6 heteroatoms. The summed E-state index contributed by atoms with van der Waals surface area (Å²) in [5.74, 6) is -0.908. The highest BCUT2D eigenvalue weighted by molar-refractivity contribution is 7.15. The summed E-state index contributed by atoms with van der Waals surface area (Å²) >= 11 is 1.47. The lowest BCUT2D eigenvalue weighted by molar-refractivity contribution is 0.528. The van der Waals surface area contributed by atoms with Gasteiger partial charge < -0.3 is 10.2 Å². The van der Waals surface area contributed by atoms with Gasteiger partial charge in [-0.15, -0.1) is 11.3 Å². The highest BCUT2D eigenvalue weighted by Gasteiger charge is 2.10. The van der Waals surface area contributed by atoms with Crippen LogP contribution in [0.5, 0.6) is 0 Å². The van der Waals surface area contributed by atoms with Crippen molar-refractivity contribution >= 4 is 22.4 Å². The van der Waals surface area contributed by atoms with Crippen LogP contribution in [-0.4, -0.2) is 10.6 Å². The lowest BCUT2D eigenvalue weighted by Crippen LogP contribution is -2.19. The smallest absolute Gasteiger partial charge is 0.408 e. The fraction of sp³-hybridized carbons (Fsp3) is 0.200. The summed E-state index contributed by atoms with van der Waals surface area (Å²) in [6.07, 6.45) is 0.453. The molecule has 1 aromatic carbocycles. The third-order valence-corrected chi connectivity index (χ3v) is 4.27. The first kappa shape index (κ1) is 10.4. The minimum atomic E-state index is -2.61. The number of fused-ring (bicyclic) bond motifs is 1. The molecule has 0 fully saturated rings. The summed E-state index contributed by atoms with van der Waals surface area (Å²) in [5, 5.41) is 8.78. The molecule has 0 saturated carbocycles. The Hall–Kier alpha value is -2.36. The molecule has 0 radical (unpaired) electrons. The van der Waals surface area contributed by atoms with E-state index in [1.165, 1.54) is 11.3 Å². The molecule has 0 amide bonds. The second-order valence-corrected chi connectivity index (χ2v) is 5.76. The number of thiophene rings is 1. The molecular weight excluding hydrogens is 286 g/mol. The van der Waals surface area contributed by atoms with E-state index in [4.69, 9.17) is 19.5 Å². The number of hydrogen-bond acceptors (Lipinski definition) is 5. The topological polar surface area (TPSA) is 84.9 Å². The van der Waals surface area contributed by atoms with Gasteiger partial charge in [0.1, 0.15) is 0 Å². The summed E-state index contributed by atoms with van der Waals surface area (Å²) < 4.78 is 28.1. The summed E-state index contributed by atoms with van der Waals surface area (Å²) in [7, 11) is 0. The molecule has 0 aliphatic rings. The Labute approximate surface area is 129 Å². The van der Waals surface area contributed by atoms with Crippen molar-refractivity contribution in [3.63, 3.8) is 0 Å². The van der Waals surface area contributed by atoms with Gasteiger partial charge in [0.15, 0.2) is 5.58 Å². The van der Waals surface area contributed by atoms with Gasteiger partial charge in [-0.2, -0.15) is 5.26 Å². The molecule has 2 N–H and O–H groups in total. The number of hydrogen-bond donors (Lipinski definition) is 1. The van der Waals surface area contributed by atoms with E-state index in [9.17, 15) is 4.79 Å². The van der Waals surface area contributed by atoms with Crippen molar-refractivity contribution in [3.05, 3.63) is 45.8 Å². The van der Waals surface area contributed by atoms with Gasteiger partial charge in [0, 0.05) is 27.3 Å². The lowest BCUT2D eigenvalue weighted by Gasteiger charge is -1.99. The third kappa shape index (κ3) is 2.49. The third-order valence-electron chi connectivity index (χ3n) is 3.11. The Morgan fingerprint density at radius 2 is 2.38 bits per heavy atom. The van der Waals surface area contributed by atoms with Crippen LogP contribution in [0, 0.1) is 11.3 Å². The van der Waals surface area contributed by atoms with Gasteiger partial charge in [0.25, 0.3) is 0 Å². The van der Waals surface area contributed by atoms with Crippen molar-refractivity contribution in [2.24, 2.45) is 12.7 Å². The highest BCUT2D eigenvalue weighted by Crippen LogP contribution is 2.30. The zero-order valence-electron chi connectivity index (χ0n) is 13.9. The second kappa shape index (κ2) is 5.20. The van der Waals surface area contributed by atoms with Gasteiger partial charge in [-0.25, -0.2) is 4.79 Å². The number of aromatic nitrogens is 1. The fourth-order valence-electron chi connectivity index (χ4n) is 2.07. The summed E-state index contributed by atoms with van der Waals surface area (Å²) in [6.45, 7) is -2.61. The normalized spacial score (nSPS) is 15.1. The molecule has 0 unspecified atom stereocenters. The first-order chi connectivity index (χ1) is 11.3. The van der Waals surface area contributed by atoms with Crippen molar-refractivity contribution in [1.29, 1.82) is 5.26 Å². The zero-order chi connectivity index (χ0) is 17.5. The van der Waals surface area contributed by atoms with E-state index in [1.807, 2.05) is 18.2 Å². The molecule has 2 aromatic heterocycles. The van der Waals surface area contributed by atoms with Gasteiger partial charge >= 0.3 is 5.76 Å². The number of benzene rings is 1. The maximum absolute atomic E-state index is 11.8. The minimum Gasteiger partial charge on any atom is -0.408 e. The van der Waals surface area contributed by atoms with Crippen LogP contribution in [0.15, 0.2) is 39.5 Å². The molecule has 2 heterocycles. The van der Waals surface area contributed by atoms with Crippen LogP contribution in [0.3, 0.4) is 0 Å². The average molecular weight is 302 g/mol. The van der Waals surface area contributed by atoms with Crippen LogP contribution in [0.1, 0.15) is 8.99 Å². The predicted molar refractivity (Wildman–Crippen MR) is 82.1 cm³/mol. The summed E-state index contributed by atoms with van der Waals surface area (Å²) in [5.41, 5.74) is 6.85. The van der Waals surface area contributed by atoms with Crippen LogP contribution in [0.4, 0.5) is 0 Å². The van der Waals surface area contributed by atoms with Crippen LogP contribution in [-0.2, 0) is 13.4 Å². The molecule has 0 spiro atoms. The quantitative estimate of drug-likeness (QED) is 0.804. The molecule has 0 saturated heterocycles. The molecule has 106 valence electrons. The van der Waals surface area contributed by atoms with Gasteiger partial charge in [-0.3, -0.25) is 4.57 Å². The van der Waals surface area contributed by atoms with Crippen molar-refractivity contribution < 1.29 is 8.53 Å².